The van der Waals surface area contributed by atoms with E-state index in [1.807, 2.05) is 66.7 Å². The molecule has 0 radical (unpaired) electrons. The number of rotatable bonds is 24. The van der Waals surface area contributed by atoms with Crippen molar-refractivity contribution in [1.29, 1.82) is 0 Å². The van der Waals surface area contributed by atoms with E-state index in [0.29, 0.717) is 26.2 Å². The van der Waals surface area contributed by atoms with Crippen molar-refractivity contribution >= 4 is 10.1 Å². The van der Waals surface area contributed by atoms with Crippen LogP contribution in [-0.2, 0) is 37.0 Å². The highest BCUT2D eigenvalue weighted by atomic mass is 32.2. The van der Waals surface area contributed by atoms with Gasteiger partial charge in [0.25, 0.3) is 10.1 Å². The molecule has 0 amide bonds. The van der Waals surface area contributed by atoms with Gasteiger partial charge in [0.1, 0.15) is 12.2 Å². The van der Waals surface area contributed by atoms with Crippen LogP contribution in [0.2, 0.25) is 0 Å². The fourth-order valence-corrected chi connectivity index (χ4v) is 5.32. The maximum absolute atomic E-state index is 12.1. The van der Waals surface area contributed by atoms with Crippen molar-refractivity contribution in [3.05, 3.63) is 83.9 Å². The first-order chi connectivity index (χ1) is 19.5. The Hall–Kier alpha value is -1.99. The molecule has 0 saturated carbocycles. The van der Waals surface area contributed by atoms with Crippen LogP contribution < -0.4 is 0 Å². The van der Waals surface area contributed by atoms with Crippen molar-refractivity contribution in [2.24, 2.45) is 0 Å². The summed E-state index contributed by atoms with van der Waals surface area (Å²) in [6.45, 7) is 3.48. The Morgan fingerprint density at radius 2 is 1.25 bits per heavy atom. The third-order valence-electron chi connectivity index (χ3n) is 6.91. The van der Waals surface area contributed by atoms with Gasteiger partial charge in [0.2, 0.25) is 0 Å². The first-order valence-corrected chi connectivity index (χ1v) is 17.1. The zero-order valence-electron chi connectivity index (χ0n) is 24.8. The Balaban J connectivity index is 1.84. The van der Waals surface area contributed by atoms with Crippen LogP contribution in [0.5, 0.6) is 0 Å². The Kier molecular flexibility index (Phi) is 18.6. The summed E-state index contributed by atoms with van der Waals surface area (Å²) in [6, 6.07) is 19.8. The van der Waals surface area contributed by atoms with Crippen LogP contribution in [0.1, 0.15) is 102 Å². The first-order valence-electron chi connectivity index (χ1n) is 15.3. The summed E-state index contributed by atoms with van der Waals surface area (Å²) in [5, 5.41) is 0. The van der Waals surface area contributed by atoms with Crippen molar-refractivity contribution in [2.45, 2.75) is 116 Å². The fraction of sp³-hybridized carbons (Fsp3) is 0.588. The van der Waals surface area contributed by atoms with Gasteiger partial charge in [-0.05, 0) is 24.0 Å². The maximum Gasteiger partial charge on any atom is 0.264 e. The molecule has 0 heterocycles. The summed E-state index contributed by atoms with van der Waals surface area (Å²) in [6.07, 6.45) is 19.8. The average Bonchev–Trinajstić information content (AvgIpc) is 2.95. The molecule has 0 aliphatic carbocycles. The van der Waals surface area contributed by atoms with Gasteiger partial charge in [-0.25, -0.2) is 0 Å². The van der Waals surface area contributed by atoms with Crippen molar-refractivity contribution in [3.8, 4) is 0 Å². The average molecular weight is 573 g/mol. The van der Waals surface area contributed by atoms with Crippen LogP contribution in [0.25, 0.3) is 0 Å². The van der Waals surface area contributed by atoms with E-state index in [1.54, 1.807) is 0 Å². The lowest BCUT2D eigenvalue weighted by molar-refractivity contribution is -0.0199. The van der Waals surface area contributed by atoms with Crippen molar-refractivity contribution in [1.82, 2.24) is 0 Å². The molecule has 5 nitrogen and oxygen atoms in total. The van der Waals surface area contributed by atoms with Crippen LogP contribution in [-0.4, -0.2) is 33.5 Å². The molecule has 0 aliphatic rings. The van der Waals surface area contributed by atoms with Gasteiger partial charge in [0, 0.05) is 13.0 Å². The molecule has 0 unspecified atom stereocenters. The Bertz CT molecular complexity index is 992. The topological polar surface area (TPSA) is 61.8 Å². The second-order valence-corrected chi connectivity index (χ2v) is 12.3. The number of unbranched alkanes of at least 4 members (excludes halogenated alkanes) is 11. The summed E-state index contributed by atoms with van der Waals surface area (Å²) in [7, 11) is -3.67. The molecule has 224 valence electrons. The van der Waals surface area contributed by atoms with E-state index in [-0.39, 0.29) is 0 Å². The minimum absolute atomic E-state index is 0.368. The van der Waals surface area contributed by atoms with Crippen LogP contribution in [0.4, 0.5) is 0 Å². The van der Waals surface area contributed by atoms with E-state index >= 15 is 0 Å². The molecular weight excluding hydrogens is 520 g/mol. The molecule has 2 aromatic rings. The summed E-state index contributed by atoms with van der Waals surface area (Å²) in [5.74, 6) is 0. The van der Waals surface area contributed by atoms with E-state index in [1.165, 1.54) is 64.2 Å². The predicted molar refractivity (Wildman–Crippen MR) is 166 cm³/mol. The smallest absolute Gasteiger partial charge is 0.264 e. The van der Waals surface area contributed by atoms with Crippen molar-refractivity contribution in [2.75, 3.05) is 12.9 Å². The third-order valence-corrected chi connectivity index (χ3v) is 7.51. The second kappa shape index (κ2) is 21.7. The SMILES string of the molecule is CCCCCCCCCCCCC/C=C/[C@@H](OCc1ccccc1)[C@@H](CCOCc1ccccc1)OS(C)(=O)=O. The molecule has 0 aromatic heterocycles. The standard InChI is InChI=1S/C34H52O5S/c1-3-4-5-6-7-8-9-10-11-12-13-14-21-26-33(38-30-32-24-19-16-20-25-32)34(39-40(2,35)36)27-28-37-29-31-22-17-15-18-23-31/h15-26,33-34H,3-14,27-30H2,1-2H3/b26-21+/t33-,34-/m1/s1. The highest BCUT2D eigenvalue weighted by Crippen LogP contribution is 2.18. The summed E-state index contributed by atoms with van der Waals surface area (Å²) in [4.78, 5) is 0. The lowest BCUT2D eigenvalue weighted by Gasteiger charge is -2.24. The number of hydrogen-bond donors (Lipinski definition) is 0. The zero-order valence-corrected chi connectivity index (χ0v) is 25.7. The Morgan fingerprint density at radius 1 is 0.725 bits per heavy atom. The quantitative estimate of drug-likeness (QED) is 0.0715. The zero-order chi connectivity index (χ0) is 28.7. The van der Waals surface area contributed by atoms with E-state index in [2.05, 4.69) is 13.0 Å². The van der Waals surface area contributed by atoms with Crippen LogP contribution >= 0.6 is 0 Å². The van der Waals surface area contributed by atoms with Gasteiger partial charge in [0.05, 0.1) is 19.5 Å². The molecule has 6 heteroatoms. The molecule has 2 rings (SSSR count). The second-order valence-electron chi connectivity index (χ2n) is 10.7. The van der Waals surface area contributed by atoms with Crippen LogP contribution in [0, 0.1) is 0 Å². The summed E-state index contributed by atoms with van der Waals surface area (Å²) in [5.41, 5.74) is 2.11. The van der Waals surface area contributed by atoms with Crippen molar-refractivity contribution < 1.29 is 22.1 Å². The normalized spacial score (nSPS) is 13.6. The first kappa shape index (κ1) is 34.2. The van der Waals surface area contributed by atoms with Gasteiger partial charge >= 0.3 is 0 Å². The van der Waals surface area contributed by atoms with Gasteiger partial charge in [0.15, 0.2) is 0 Å². The molecule has 0 aliphatic heterocycles. The predicted octanol–water partition coefficient (Wildman–Crippen LogP) is 8.78. The number of ether oxygens (including phenoxy) is 2. The van der Waals surface area contributed by atoms with Crippen molar-refractivity contribution in [3.63, 3.8) is 0 Å². The monoisotopic (exact) mass is 572 g/mol. The van der Waals surface area contributed by atoms with Gasteiger partial charge in [-0.2, -0.15) is 8.42 Å². The minimum atomic E-state index is -3.67. The summed E-state index contributed by atoms with van der Waals surface area (Å²) < 4.78 is 41.8. The minimum Gasteiger partial charge on any atom is -0.377 e. The molecule has 2 aromatic carbocycles. The largest absolute Gasteiger partial charge is 0.377 e. The van der Waals surface area contributed by atoms with E-state index < -0.39 is 22.3 Å². The number of benzene rings is 2. The molecule has 0 spiro atoms. The van der Waals surface area contributed by atoms with Gasteiger partial charge < -0.3 is 9.47 Å². The molecule has 0 N–H and O–H groups in total. The molecule has 2 atom stereocenters. The van der Waals surface area contributed by atoms with E-state index in [9.17, 15) is 8.42 Å². The molecule has 0 saturated heterocycles. The van der Waals surface area contributed by atoms with Crippen LogP contribution in [0.15, 0.2) is 72.8 Å². The summed E-state index contributed by atoms with van der Waals surface area (Å²) >= 11 is 0. The Labute approximate surface area is 244 Å². The number of hydrogen-bond acceptors (Lipinski definition) is 5. The van der Waals surface area contributed by atoms with Gasteiger partial charge in [-0.1, -0.05) is 144 Å². The van der Waals surface area contributed by atoms with E-state index in [0.717, 1.165) is 30.2 Å². The van der Waals surface area contributed by atoms with Gasteiger partial charge in [-0.3, -0.25) is 4.18 Å². The Morgan fingerprint density at radius 3 is 1.80 bits per heavy atom. The van der Waals surface area contributed by atoms with Gasteiger partial charge in [-0.15, -0.1) is 0 Å². The van der Waals surface area contributed by atoms with Crippen LogP contribution in [0.3, 0.4) is 0 Å². The molecule has 40 heavy (non-hydrogen) atoms. The highest BCUT2D eigenvalue weighted by molar-refractivity contribution is 7.86. The lowest BCUT2D eigenvalue weighted by Crippen LogP contribution is -2.33. The lowest BCUT2D eigenvalue weighted by atomic mass is 10.0. The maximum atomic E-state index is 12.1. The third kappa shape index (κ3) is 17.6. The molecule has 0 bridgehead atoms. The molecule has 0 fully saturated rings. The fourth-order valence-electron chi connectivity index (χ4n) is 4.67. The van der Waals surface area contributed by atoms with E-state index in [4.69, 9.17) is 13.7 Å². The number of allylic oxidation sites excluding steroid dienone is 1. The molecular formula is C34H52O5S. The highest BCUT2D eigenvalue weighted by Gasteiger charge is 2.25.